The summed E-state index contributed by atoms with van der Waals surface area (Å²) in [6.45, 7) is 8.71. The highest BCUT2D eigenvalue weighted by molar-refractivity contribution is 7.93. The number of anilines is 1. The number of nitrogens with zero attached hydrogens (tertiary/aromatic N) is 5. The van der Waals surface area contributed by atoms with Crippen LogP contribution in [0.15, 0.2) is 41.5 Å². The number of amides is 1. The summed E-state index contributed by atoms with van der Waals surface area (Å²) in [5, 5.41) is 9.51. The van der Waals surface area contributed by atoms with Gasteiger partial charge in [-0.3, -0.25) is 19.0 Å². The minimum absolute atomic E-state index is 0.0717. The maximum atomic E-state index is 14.9. The zero-order chi connectivity index (χ0) is 32.4. The van der Waals surface area contributed by atoms with E-state index >= 15 is 0 Å². The number of rotatable bonds is 8. The summed E-state index contributed by atoms with van der Waals surface area (Å²) < 4.78 is 55.8. The second kappa shape index (κ2) is 13.0. The number of aromatic nitrogens is 2. The molecule has 1 aliphatic carbocycles. The average Bonchev–Trinajstić information content (AvgIpc) is 3.55. The molecule has 14 heteroatoms. The van der Waals surface area contributed by atoms with Gasteiger partial charge in [0.1, 0.15) is 23.0 Å². The third-order valence-electron chi connectivity index (χ3n) is 7.91. The van der Waals surface area contributed by atoms with Gasteiger partial charge in [-0.25, -0.2) is 22.6 Å². The normalized spacial score (nSPS) is 16.5. The number of nitrogens with one attached hydrogen (secondary N) is 1. The quantitative estimate of drug-likeness (QED) is 0.378. The van der Waals surface area contributed by atoms with Crippen molar-refractivity contribution in [3.63, 3.8) is 0 Å². The van der Waals surface area contributed by atoms with Crippen LogP contribution in [-0.2, 0) is 21.3 Å². The predicted molar refractivity (Wildman–Crippen MR) is 166 cm³/mol. The number of sulfonamides is 1. The van der Waals surface area contributed by atoms with Gasteiger partial charge in [-0.15, -0.1) is 0 Å². The fourth-order valence-corrected chi connectivity index (χ4v) is 7.09. The molecule has 2 heterocycles. The van der Waals surface area contributed by atoms with Gasteiger partial charge in [0, 0.05) is 39.3 Å². The Morgan fingerprint density at radius 3 is 2.49 bits per heavy atom. The fourth-order valence-electron chi connectivity index (χ4n) is 5.50. The molecule has 1 aliphatic heterocycles. The van der Waals surface area contributed by atoms with Crippen LogP contribution in [0, 0.1) is 17.1 Å². The van der Waals surface area contributed by atoms with Crippen LogP contribution in [0.5, 0.6) is 11.5 Å². The minimum Gasteiger partial charge on any atom is -0.453 e. The van der Waals surface area contributed by atoms with Crippen molar-refractivity contribution in [3.05, 3.63) is 58.4 Å². The van der Waals surface area contributed by atoms with Crippen molar-refractivity contribution in [3.8, 4) is 17.6 Å². The summed E-state index contributed by atoms with van der Waals surface area (Å²) >= 11 is 0. The lowest BCUT2D eigenvalue weighted by Gasteiger charge is -2.35. The van der Waals surface area contributed by atoms with Gasteiger partial charge in [0.05, 0.1) is 28.2 Å². The molecule has 5 rings (SSSR count). The van der Waals surface area contributed by atoms with Gasteiger partial charge >= 0.3 is 6.09 Å². The van der Waals surface area contributed by atoms with Crippen molar-refractivity contribution in [2.45, 2.75) is 63.9 Å². The lowest BCUT2D eigenvalue weighted by atomic mass is 10.1. The number of fused-ring (bicyclic) bond motifs is 1. The highest BCUT2D eigenvalue weighted by Crippen LogP contribution is 2.35. The third-order valence-corrected chi connectivity index (χ3v) is 9.76. The lowest BCUT2D eigenvalue weighted by molar-refractivity contribution is 0.0142. The highest BCUT2D eigenvalue weighted by Gasteiger charge is 2.30. The Bertz CT molecular complexity index is 1780. The first-order valence-electron chi connectivity index (χ1n) is 15.0. The Kier molecular flexibility index (Phi) is 9.31. The Morgan fingerprint density at radius 2 is 1.82 bits per heavy atom. The van der Waals surface area contributed by atoms with Crippen LogP contribution in [-0.4, -0.2) is 77.4 Å². The van der Waals surface area contributed by atoms with Crippen LogP contribution in [0.4, 0.5) is 14.9 Å². The van der Waals surface area contributed by atoms with Crippen molar-refractivity contribution in [1.29, 1.82) is 5.26 Å². The maximum Gasteiger partial charge on any atom is 0.410 e. The first-order chi connectivity index (χ1) is 21.3. The van der Waals surface area contributed by atoms with Gasteiger partial charge in [-0.05, 0) is 63.9 Å². The number of piperazine rings is 1. The Balaban J connectivity index is 1.29. The van der Waals surface area contributed by atoms with Gasteiger partial charge in [0.15, 0.2) is 11.6 Å². The average molecular weight is 641 g/mol. The van der Waals surface area contributed by atoms with E-state index in [1.807, 2.05) is 26.8 Å². The molecule has 45 heavy (non-hydrogen) atoms. The zero-order valence-electron chi connectivity index (χ0n) is 25.6. The minimum atomic E-state index is -3.77. The molecule has 2 aliphatic rings. The van der Waals surface area contributed by atoms with Crippen LogP contribution in [0.2, 0.25) is 0 Å². The van der Waals surface area contributed by atoms with Crippen LogP contribution >= 0.6 is 0 Å². The van der Waals surface area contributed by atoms with Gasteiger partial charge in [-0.1, -0.05) is 12.8 Å². The third kappa shape index (κ3) is 7.54. The summed E-state index contributed by atoms with van der Waals surface area (Å²) in [5.74, 6) is -1.22. The number of carbonyl (C=O) groups excluding carboxylic acids is 1. The number of carbonyl (C=O) groups is 1. The molecule has 1 saturated carbocycles. The molecule has 1 saturated heterocycles. The second-order valence-corrected chi connectivity index (χ2v) is 14.3. The van der Waals surface area contributed by atoms with Crippen LogP contribution < -0.4 is 15.0 Å². The summed E-state index contributed by atoms with van der Waals surface area (Å²) in [6.07, 6.45) is 3.79. The fraction of sp³-hybridized carbons (Fsp3) is 0.484. The molecule has 0 radical (unpaired) electrons. The van der Waals surface area contributed by atoms with E-state index in [4.69, 9.17) is 9.47 Å². The summed E-state index contributed by atoms with van der Waals surface area (Å²) in [6, 6.07) is 8.58. The molecule has 0 bridgehead atoms. The number of ether oxygens (including phenoxy) is 2. The maximum absolute atomic E-state index is 14.9. The number of benzene rings is 2. The molecule has 240 valence electrons. The Hall–Kier alpha value is -4.22. The number of hydrogen-bond acceptors (Lipinski definition) is 9. The number of hydrogen-bond donors (Lipinski definition) is 1. The predicted octanol–water partition coefficient (Wildman–Crippen LogP) is 4.44. The van der Waals surface area contributed by atoms with E-state index in [2.05, 4.69) is 14.6 Å². The van der Waals surface area contributed by atoms with Crippen molar-refractivity contribution in [1.82, 2.24) is 19.4 Å². The summed E-state index contributed by atoms with van der Waals surface area (Å²) in [5.41, 5.74) is -0.843. The Morgan fingerprint density at radius 1 is 1.11 bits per heavy atom. The van der Waals surface area contributed by atoms with Gasteiger partial charge in [-0.2, -0.15) is 5.26 Å². The molecular weight excluding hydrogens is 603 g/mol. The van der Waals surface area contributed by atoms with E-state index in [1.165, 1.54) is 29.1 Å². The molecule has 1 amide bonds. The van der Waals surface area contributed by atoms with Gasteiger partial charge in [0.25, 0.3) is 5.56 Å². The van der Waals surface area contributed by atoms with E-state index in [0.29, 0.717) is 57.6 Å². The van der Waals surface area contributed by atoms with Crippen molar-refractivity contribution in [2.75, 3.05) is 37.4 Å². The lowest BCUT2D eigenvalue weighted by Crippen LogP contribution is -2.50. The van der Waals surface area contributed by atoms with Gasteiger partial charge < -0.3 is 14.4 Å². The van der Waals surface area contributed by atoms with Crippen LogP contribution in [0.25, 0.3) is 10.9 Å². The molecule has 2 fully saturated rings. The molecule has 1 N–H and O–H groups in total. The molecule has 2 aromatic carbocycles. The number of halogens is 1. The molecular formula is C31H37FN6O6S. The van der Waals surface area contributed by atoms with E-state index in [9.17, 15) is 27.7 Å². The summed E-state index contributed by atoms with van der Waals surface area (Å²) in [7, 11) is -3.77. The molecule has 12 nitrogen and oxygen atoms in total. The molecule has 3 aromatic rings. The standard InChI is InChI=1S/C31H37FN6O6S/c1-31(2,3)44-30(40)37-15-12-36(13-16-37)14-17-38-20-34-26-10-8-21(18-23(26)29(38)39)43-28-24(19-33)27(11-9-25(28)32)35-45(41,42)22-6-4-5-7-22/h8-11,18,20,22,35H,4-7,12-17H2,1-3H3. The monoisotopic (exact) mass is 640 g/mol. The molecule has 0 atom stereocenters. The van der Waals surface area contributed by atoms with E-state index < -0.39 is 32.4 Å². The van der Waals surface area contributed by atoms with E-state index in [0.717, 1.165) is 18.9 Å². The van der Waals surface area contributed by atoms with E-state index in [1.54, 1.807) is 11.0 Å². The molecule has 0 spiro atoms. The van der Waals surface area contributed by atoms with Crippen molar-refractivity contribution in [2.24, 2.45) is 0 Å². The molecule has 0 unspecified atom stereocenters. The SMILES string of the molecule is CC(C)(C)OC(=O)N1CCN(CCn2cnc3ccc(Oc4c(F)ccc(NS(=O)(=O)C5CCCC5)c4C#N)cc3c2=O)CC1. The van der Waals surface area contributed by atoms with Crippen molar-refractivity contribution >= 4 is 32.7 Å². The largest absolute Gasteiger partial charge is 0.453 e. The highest BCUT2D eigenvalue weighted by atomic mass is 32.2. The topological polar surface area (TPSA) is 147 Å². The van der Waals surface area contributed by atoms with Gasteiger partial charge in [0.2, 0.25) is 10.0 Å². The summed E-state index contributed by atoms with van der Waals surface area (Å²) in [4.78, 5) is 33.9. The van der Waals surface area contributed by atoms with Crippen molar-refractivity contribution < 1.29 is 27.1 Å². The van der Waals surface area contributed by atoms with Crippen LogP contribution in [0.3, 0.4) is 0 Å². The zero-order valence-corrected chi connectivity index (χ0v) is 26.4. The second-order valence-electron chi connectivity index (χ2n) is 12.3. The van der Waals surface area contributed by atoms with E-state index in [-0.39, 0.29) is 34.0 Å². The molecule has 1 aromatic heterocycles. The first-order valence-corrected chi connectivity index (χ1v) is 16.5. The first kappa shape index (κ1) is 32.2. The smallest absolute Gasteiger partial charge is 0.410 e. The Labute approximate surface area is 261 Å². The number of nitriles is 1. The van der Waals surface area contributed by atoms with Crippen LogP contribution in [0.1, 0.15) is 52.0 Å².